The van der Waals surface area contributed by atoms with Crippen molar-refractivity contribution in [2.45, 2.75) is 32.9 Å². The van der Waals surface area contributed by atoms with Crippen LogP contribution in [0, 0.1) is 12.8 Å². The molecule has 2 aromatic rings. The van der Waals surface area contributed by atoms with Gasteiger partial charge in [0.05, 0.1) is 6.61 Å². The highest BCUT2D eigenvalue weighted by atomic mass is 127. The fourth-order valence-corrected chi connectivity index (χ4v) is 2.94. The Labute approximate surface area is 195 Å². The molecule has 1 amide bonds. The van der Waals surface area contributed by atoms with Crippen molar-refractivity contribution in [3.05, 3.63) is 64.7 Å². The van der Waals surface area contributed by atoms with Crippen molar-refractivity contribution in [3.63, 3.8) is 0 Å². The molecule has 0 bridgehead atoms. The number of hydrogen-bond donors (Lipinski definition) is 3. The number of halogens is 1. The van der Waals surface area contributed by atoms with Crippen LogP contribution in [0.25, 0.3) is 0 Å². The van der Waals surface area contributed by atoms with Gasteiger partial charge in [-0.3, -0.25) is 9.79 Å². The van der Waals surface area contributed by atoms with E-state index in [4.69, 9.17) is 4.74 Å². The number of benzene rings is 2. The molecule has 1 aliphatic carbocycles. The van der Waals surface area contributed by atoms with E-state index < -0.39 is 0 Å². The van der Waals surface area contributed by atoms with Gasteiger partial charge in [-0.2, -0.15) is 0 Å². The van der Waals surface area contributed by atoms with Gasteiger partial charge in [0.2, 0.25) is 0 Å². The Bertz CT molecular complexity index is 864. The topological polar surface area (TPSA) is 74.8 Å². The summed E-state index contributed by atoms with van der Waals surface area (Å²) in [6.07, 6.45) is 2.56. The maximum atomic E-state index is 11.6. The van der Waals surface area contributed by atoms with Crippen LogP contribution < -0.4 is 20.7 Å². The van der Waals surface area contributed by atoms with Crippen molar-refractivity contribution in [1.29, 1.82) is 0 Å². The summed E-state index contributed by atoms with van der Waals surface area (Å²) < 4.78 is 6.04. The molecule has 0 aromatic heterocycles. The molecule has 0 radical (unpaired) electrons. The number of ether oxygens (including phenoxy) is 1. The van der Waals surface area contributed by atoms with Crippen molar-refractivity contribution < 1.29 is 9.53 Å². The predicted molar refractivity (Wildman–Crippen MR) is 132 cm³/mol. The van der Waals surface area contributed by atoms with Gasteiger partial charge in [-0.1, -0.05) is 24.3 Å². The first-order valence-electron chi connectivity index (χ1n) is 10.1. The summed E-state index contributed by atoms with van der Waals surface area (Å²) in [6.45, 7) is 4.13. The maximum absolute atomic E-state index is 11.6. The number of aryl methyl sites for hydroxylation is 1. The fourth-order valence-electron chi connectivity index (χ4n) is 2.94. The minimum Gasteiger partial charge on any atom is -0.493 e. The van der Waals surface area contributed by atoms with Crippen LogP contribution >= 0.6 is 24.0 Å². The number of carbonyl (C=O) groups is 1. The molecule has 162 valence electrons. The second-order valence-electron chi connectivity index (χ2n) is 7.42. The third-order valence-corrected chi connectivity index (χ3v) is 4.97. The first-order chi connectivity index (χ1) is 14.1. The van der Waals surface area contributed by atoms with Crippen LogP contribution in [0.2, 0.25) is 0 Å². The first-order valence-corrected chi connectivity index (χ1v) is 10.1. The lowest BCUT2D eigenvalue weighted by molar-refractivity contribution is 0.0963. The van der Waals surface area contributed by atoms with Gasteiger partial charge in [-0.05, 0) is 55.0 Å². The Morgan fingerprint density at radius 3 is 2.43 bits per heavy atom. The van der Waals surface area contributed by atoms with E-state index >= 15 is 0 Å². The summed E-state index contributed by atoms with van der Waals surface area (Å²) >= 11 is 0. The molecule has 3 rings (SSSR count). The van der Waals surface area contributed by atoms with E-state index in [9.17, 15) is 4.79 Å². The molecule has 0 spiro atoms. The van der Waals surface area contributed by atoms with E-state index in [1.807, 2.05) is 24.3 Å². The van der Waals surface area contributed by atoms with Gasteiger partial charge in [-0.15, -0.1) is 24.0 Å². The molecule has 1 fully saturated rings. The molecule has 1 saturated carbocycles. The van der Waals surface area contributed by atoms with Gasteiger partial charge < -0.3 is 20.7 Å². The van der Waals surface area contributed by atoms with E-state index in [1.165, 1.54) is 18.4 Å². The molecule has 0 aliphatic heterocycles. The number of amides is 1. The molecule has 0 heterocycles. The van der Waals surface area contributed by atoms with Gasteiger partial charge in [0.1, 0.15) is 5.75 Å². The fraction of sp³-hybridized carbons (Fsp3) is 0.391. The Hall–Kier alpha value is -2.29. The lowest BCUT2D eigenvalue weighted by atomic mass is 10.1. The molecule has 2 aromatic carbocycles. The van der Waals surface area contributed by atoms with E-state index in [0.29, 0.717) is 24.6 Å². The lowest BCUT2D eigenvalue weighted by Crippen LogP contribution is -2.36. The number of guanidine groups is 1. The molecular weight excluding hydrogens is 491 g/mol. The van der Waals surface area contributed by atoms with Crippen molar-refractivity contribution >= 4 is 35.8 Å². The molecular formula is C23H31IN4O2. The number of nitrogens with one attached hydrogen (secondary N) is 3. The summed E-state index contributed by atoms with van der Waals surface area (Å²) in [5, 5.41) is 9.28. The second kappa shape index (κ2) is 11.8. The van der Waals surface area contributed by atoms with E-state index in [-0.39, 0.29) is 29.9 Å². The Balaban J connectivity index is 0.00000320. The molecule has 6 nitrogen and oxygen atoms in total. The molecule has 3 N–H and O–H groups in total. The third-order valence-electron chi connectivity index (χ3n) is 4.97. The van der Waals surface area contributed by atoms with Crippen LogP contribution in [-0.2, 0) is 13.1 Å². The second-order valence-corrected chi connectivity index (χ2v) is 7.42. The number of rotatable bonds is 8. The summed E-state index contributed by atoms with van der Waals surface area (Å²) in [5.74, 6) is 2.30. The van der Waals surface area contributed by atoms with Crippen LogP contribution in [0.5, 0.6) is 5.75 Å². The maximum Gasteiger partial charge on any atom is 0.251 e. The quantitative estimate of drug-likeness (QED) is 0.281. The predicted octanol–water partition coefficient (Wildman–Crippen LogP) is 3.63. The van der Waals surface area contributed by atoms with Crippen LogP contribution in [0.15, 0.2) is 47.5 Å². The van der Waals surface area contributed by atoms with Gasteiger partial charge in [-0.25, -0.2) is 0 Å². The lowest BCUT2D eigenvalue weighted by Gasteiger charge is -2.15. The first kappa shape index (κ1) is 24.0. The smallest absolute Gasteiger partial charge is 0.251 e. The Morgan fingerprint density at radius 2 is 1.80 bits per heavy atom. The zero-order valence-corrected chi connectivity index (χ0v) is 20.2. The van der Waals surface area contributed by atoms with E-state index in [2.05, 4.69) is 46.1 Å². The van der Waals surface area contributed by atoms with Crippen LogP contribution in [-0.4, -0.2) is 32.6 Å². The number of hydrogen-bond acceptors (Lipinski definition) is 3. The minimum absolute atomic E-state index is 0. The van der Waals surface area contributed by atoms with Gasteiger partial charge in [0.15, 0.2) is 5.96 Å². The van der Waals surface area contributed by atoms with Crippen molar-refractivity contribution in [3.8, 4) is 5.75 Å². The van der Waals surface area contributed by atoms with Gasteiger partial charge in [0, 0.05) is 38.3 Å². The zero-order chi connectivity index (χ0) is 20.6. The Kier molecular flexibility index (Phi) is 9.42. The molecule has 1 aliphatic rings. The van der Waals surface area contributed by atoms with Crippen molar-refractivity contribution in [1.82, 2.24) is 16.0 Å². The molecule has 0 saturated heterocycles. The van der Waals surface area contributed by atoms with Crippen LogP contribution in [0.4, 0.5) is 0 Å². The highest BCUT2D eigenvalue weighted by molar-refractivity contribution is 14.0. The van der Waals surface area contributed by atoms with Crippen molar-refractivity contribution in [2.75, 3.05) is 20.7 Å². The molecule has 7 heteroatoms. The average Bonchev–Trinajstić information content (AvgIpc) is 3.57. The van der Waals surface area contributed by atoms with E-state index in [0.717, 1.165) is 29.4 Å². The summed E-state index contributed by atoms with van der Waals surface area (Å²) in [5.41, 5.74) is 4.04. The summed E-state index contributed by atoms with van der Waals surface area (Å²) in [7, 11) is 3.38. The minimum atomic E-state index is -0.0835. The van der Waals surface area contributed by atoms with Crippen LogP contribution in [0.1, 0.15) is 39.9 Å². The third kappa shape index (κ3) is 7.19. The number of nitrogens with zero attached hydrogens (tertiary/aromatic N) is 1. The highest BCUT2D eigenvalue weighted by Crippen LogP contribution is 2.30. The van der Waals surface area contributed by atoms with Gasteiger partial charge >= 0.3 is 0 Å². The SMILES string of the molecule is CN=C(NCc1ccc(C(=O)NC)cc1)NCc1ccc(C)cc1OCC1CC1.I. The molecule has 0 atom stereocenters. The highest BCUT2D eigenvalue weighted by Gasteiger charge is 2.22. The standard InChI is InChI=1S/C23H30N4O2.HI/c1-16-4-9-20(21(12-16)29-15-18-5-6-18)14-27-23(25-3)26-13-17-7-10-19(11-8-17)22(28)24-2;/h4,7-12,18H,5-6,13-15H2,1-3H3,(H,24,28)(H2,25,26,27);1H. The molecule has 0 unspecified atom stereocenters. The largest absolute Gasteiger partial charge is 0.493 e. The summed E-state index contributed by atoms with van der Waals surface area (Å²) in [6, 6.07) is 13.8. The zero-order valence-electron chi connectivity index (χ0n) is 17.8. The number of aliphatic imine (C=N–C) groups is 1. The molecule has 30 heavy (non-hydrogen) atoms. The average molecular weight is 522 g/mol. The Morgan fingerprint density at radius 1 is 1.10 bits per heavy atom. The summed E-state index contributed by atoms with van der Waals surface area (Å²) in [4.78, 5) is 15.9. The van der Waals surface area contributed by atoms with Crippen molar-refractivity contribution in [2.24, 2.45) is 10.9 Å². The van der Waals surface area contributed by atoms with Gasteiger partial charge in [0.25, 0.3) is 5.91 Å². The van der Waals surface area contributed by atoms with Crippen LogP contribution in [0.3, 0.4) is 0 Å². The monoisotopic (exact) mass is 522 g/mol. The van der Waals surface area contributed by atoms with E-state index in [1.54, 1.807) is 14.1 Å². The number of carbonyl (C=O) groups excluding carboxylic acids is 1. The normalized spacial score (nSPS) is 13.2.